The Bertz CT molecular complexity index is 1120. The van der Waals surface area contributed by atoms with Crippen LogP contribution in [-0.2, 0) is 24.4 Å². The molecule has 0 aromatic carbocycles. The molecule has 5 heterocycles. The Balaban J connectivity index is 1.43. The standard InChI is InChI=1S/C22H26N6O2S/c1-2-27-14-23-9-17(27)13-26-11-15-8-16(12-26)21(28-18(15)4-3-5-20(28)29)22(30)25-10-19-24-6-7-31-19/h3-7,9,14-16,21H,2,8,10-13H2,1H3,(H,25,30)/t15-,16+,21+/m0/s1. The maximum absolute atomic E-state index is 13.3. The van der Waals surface area contributed by atoms with Gasteiger partial charge in [-0.15, -0.1) is 11.3 Å². The molecule has 3 atom stereocenters. The Morgan fingerprint density at radius 1 is 1.32 bits per heavy atom. The number of piperidine rings is 1. The highest BCUT2D eigenvalue weighted by Crippen LogP contribution is 2.41. The van der Waals surface area contributed by atoms with Gasteiger partial charge in [-0.1, -0.05) is 6.07 Å². The number of pyridine rings is 1. The van der Waals surface area contributed by atoms with Gasteiger partial charge < -0.3 is 9.88 Å². The Labute approximate surface area is 184 Å². The monoisotopic (exact) mass is 438 g/mol. The number of nitrogens with one attached hydrogen (secondary N) is 1. The van der Waals surface area contributed by atoms with Crippen molar-refractivity contribution in [2.24, 2.45) is 5.92 Å². The molecule has 9 heteroatoms. The minimum Gasteiger partial charge on any atom is -0.348 e. The largest absolute Gasteiger partial charge is 0.348 e. The zero-order valence-corrected chi connectivity index (χ0v) is 18.3. The van der Waals surface area contributed by atoms with E-state index < -0.39 is 6.04 Å². The number of carbonyl (C=O) groups is 1. The van der Waals surface area contributed by atoms with E-state index in [2.05, 4.69) is 31.7 Å². The van der Waals surface area contributed by atoms with E-state index in [0.29, 0.717) is 6.54 Å². The smallest absolute Gasteiger partial charge is 0.251 e. The first-order chi connectivity index (χ1) is 15.1. The Morgan fingerprint density at radius 2 is 2.23 bits per heavy atom. The fraction of sp³-hybridized carbons (Fsp3) is 0.455. The lowest BCUT2D eigenvalue weighted by molar-refractivity contribution is -0.128. The average Bonchev–Trinajstić information content (AvgIpc) is 3.44. The summed E-state index contributed by atoms with van der Waals surface area (Å²) in [5.41, 5.74) is 2.05. The molecule has 0 aliphatic carbocycles. The number of aryl methyl sites for hydroxylation is 1. The number of amides is 1. The number of likely N-dealkylation sites (tertiary alicyclic amines) is 1. The van der Waals surface area contributed by atoms with Crippen LogP contribution in [0, 0.1) is 5.92 Å². The average molecular weight is 439 g/mol. The molecule has 31 heavy (non-hydrogen) atoms. The van der Waals surface area contributed by atoms with Crippen molar-refractivity contribution in [2.45, 2.75) is 44.9 Å². The molecule has 2 aliphatic heterocycles. The fourth-order valence-electron chi connectivity index (χ4n) is 5.10. The van der Waals surface area contributed by atoms with Crippen molar-refractivity contribution in [3.8, 4) is 0 Å². The number of imidazole rings is 1. The molecule has 0 unspecified atom stereocenters. The molecule has 5 rings (SSSR count). The lowest BCUT2D eigenvalue weighted by Crippen LogP contribution is -2.53. The molecule has 3 aromatic heterocycles. The third kappa shape index (κ3) is 3.83. The molecule has 0 saturated carbocycles. The highest BCUT2D eigenvalue weighted by Gasteiger charge is 2.43. The quantitative estimate of drug-likeness (QED) is 0.636. The van der Waals surface area contributed by atoms with E-state index in [1.807, 2.05) is 30.0 Å². The predicted molar refractivity (Wildman–Crippen MR) is 118 cm³/mol. The minimum atomic E-state index is -0.501. The van der Waals surface area contributed by atoms with Gasteiger partial charge in [0, 0.05) is 67.5 Å². The summed E-state index contributed by atoms with van der Waals surface area (Å²) in [5, 5.41) is 5.78. The second kappa shape index (κ2) is 8.39. The molecule has 3 aromatic rings. The van der Waals surface area contributed by atoms with Gasteiger partial charge in [0.25, 0.3) is 5.56 Å². The van der Waals surface area contributed by atoms with Crippen LogP contribution in [0.4, 0.5) is 0 Å². The van der Waals surface area contributed by atoms with Gasteiger partial charge in [0.15, 0.2) is 0 Å². The number of aromatic nitrogens is 4. The van der Waals surface area contributed by atoms with Gasteiger partial charge in [0.05, 0.1) is 18.6 Å². The van der Waals surface area contributed by atoms with E-state index >= 15 is 0 Å². The van der Waals surface area contributed by atoms with Crippen molar-refractivity contribution in [3.05, 3.63) is 69.0 Å². The van der Waals surface area contributed by atoms with Crippen LogP contribution in [-0.4, -0.2) is 43.0 Å². The molecule has 1 fully saturated rings. The topological polar surface area (TPSA) is 85.1 Å². The van der Waals surface area contributed by atoms with Crippen molar-refractivity contribution in [1.82, 2.24) is 29.3 Å². The van der Waals surface area contributed by atoms with Crippen molar-refractivity contribution in [1.29, 1.82) is 0 Å². The van der Waals surface area contributed by atoms with E-state index in [0.717, 1.165) is 43.3 Å². The van der Waals surface area contributed by atoms with Gasteiger partial charge in [-0.05, 0) is 19.4 Å². The van der Waals surface area contributed by atoms with Crippen molar-refractivity contribution in [3.63, 3.8) is 0 Å². The molecular formula is C22H26N6O2S. The van der Waals surface area contributed by atoms with E-state index in [1.54, 1.807) is 16.8 Å². The van der Waals surface area contributed by atoms with Gasteiger partial charge in [-0.25, -0.2) is 9.97 Å². The molecule has 0 spiro atoms. The summed E-state index contributed by atoms with van der Waals surface area (Å²) in [6.45, 7) is 5.84. The summed E-state index contributed by atoms with van der Waals surface area (Å²) in [5.74, 6) is 0.225. The normalized spacial score (nSPS) is 22.8. The zero-order valence-electron chi connectivity index (χ0n) is 17.5. The summed E-state index contributed by atoms with van der Waals surface area (Å²) >= 11 is 1.51. The van der Waals surface area contributed by atoms with Gasteiger partial charge in [-0.2, -0.15) is 0 Å². The fourth-order valence-corrected chi connectivity index (χ4v) is 5.65. The lowest BCUT2D eigenvalue weighted by Gasteiger charge is -2.46. The summed E-state index contributed by atoms with van der Waals surface area (Å²) < 4.78 is 3.89. The predicted octanol–water partition coefficient (Wildman–Crippen LogP) is 2.00. The second-order valence-electron chi connectivity index (χ2n) is 8.31. The van der Waals surface area contributed by atoms with E-state index in [9.17, 15) is 9.59 Å². The molecule has 0 radical (unpaired) electrons. The Hall–Kier alpha value is -2.78. The summed E-state index contributed by atoms with van der Waals surface area (Å²) in [7, 11) is 0. The van der Waals surface area contributed by atoms with Gasteiger partial charge in [-0.3, -0.25) is 19.1 Å². The number of nitrogens with zero attached hydrogens (tertiary/aromatic N) is 5. The second-order valence-corrected chi connectivity index (χ2v) is 9.28. The minimum absolute atomic E-state index is 0.0839. The van der Waals surface area contributed by atoms with Gasteiger partial charge in [0.2, 0.25) is 5.91 Å². The van der Waals surface area contributed by atoms with Crippen LogP contribution in [0.2, 0.25) is 0 Å². The molecule has 1 saturated heterocycles. The highest BCUT2D eigenvalue weighted by atomic mass is 32.1. The number of hydrogen-bond acceptors (Lipinski definition) is 6. The molecule has 8 nitrogen and oxygen atoms in total. The maximum atomic E-state index is 13.3. The SMILES string of the molecule is CCn1cncc1CN1C[C@@H]2C[C@H](C1)[C@H](C(=O)NCc1nccs1)n1c2cccc1=O. The van der Waals surface area contributed by atoms with Crippen LogP contribution in [0.25, 0.3) is 0 Å². The summed E-state index contributed by atoms with van der Waals surface area (Å²) in [6.07, 6.45) is 6.44. The molecule has 1 N–H and O–H groups in total. The molecule has 162 valence electrons. The van der Waals surface area contributed by atoms with Crippen LogP contribution in [0.15, 0.2) is 47.1 Å². The first-order valence-corrected chi connectivity index (χ1v) is 11.6. The first-order valence-electron chi connectivity index (χ1n) is 10.7. The molecular weight excluding hydrogens is 412 g/mol. The van der Waals surface area contributed by atoms with E-state index in [-0.39, 0.29) is 23.3 Å². The van der Waals surface area contributed by atoms with Gasteiger partial charge >= 0.3 is 0 Å². The van der Waals surface area contributed by atoms with Crippen molar-refractivity contribution < 1.29 is 4.79 Å². The van der Waals surface area contributed by atoms with Crippen LogP contribution >= 0.6 is 11.3 Å². The number of carbonyl (C=O) groups excluding carboxylic acids is 1. The Morgan fingerprint density at radius 3 is 3.03 bits per heavy atom. The third-order valence-corrected chi connectivity index (χ3v) is 7.19. The number of thiazole rings is 1. The summed E-state index contributed by atoms with van der Waals surface area (Å²) in [4.78, 5) is 37.1. The van der Waals surface area contributed by atoms with Crippen LogP contribution in [0.5, 0.6) is 0 Å². The van der Waals surface area contributed by atoms with E-state index in [4.69, 9.17) is 0 Å². The number of fused-ring (bicyclic) bond motifs is 4. The highest BCUT2D eigenvalue weighted by molar-refractivity contribution is 7.09. The summed E-state index contributed by atoms with van der Waals surface area (Å²) in [6, 6.07) is 4.87. The Kier molecular flexibility index (Phi) is 5.45. The number of rotatable bonds is 6. The van der Waals surface area contributed by atoms with Crippen LogP contribution in [0.1, 0.15) is 41.7 Å². The zero-order chi connectivity index (χ0) is 21.4. The van der Waals surface area contributed by atoms with Crippen LogP contribution in [0.3, 0.4) is 0 Å². The number of hydrogen-bond donors (Lipinski definition) is 1. The van der Waals surface area contributed by atoms with Gasteiger partial charge in [0.1, 0.15) is 11.0 Å². The maximum Gasteiger partial charge on any atom is 0.251 e. The van der Waals surface area contributed by atoms with Crippen LogP contribution < -0.4 is 10.9 Å². The van der Waals surface area contributed by atoms with E-state index in [1.165, 1.54) is 17.0 Å². The van der Waals surface area contributed by atoms with Crippen molar-refractivity contribution >= 4 is 17.2 Å². The third-order valence-electron chi connectivity index (χ3n) is 6.41. The molecule has 2 aliphatic rings. The molecule has 1 amide bonds. The molecule has 2 bridgehead atoms. The lowest BCUT2D eigenvalue weighted by atomic mass is 9.78. The van der Waals surface area contributed by atoms with Crippen molar-refractivity contribution in [2.75, 3.05) is 13.1 Å². The first kappa shape index (κ1) is 20.1.